The number of imidazole rings is 1. The third-order valence-corrected chi connectivity index (χ3v) is 7.06. The predicted molar refractivity (Wildman–Crippen MR) is 130 cm³/mol. The van der Waals surface area contributed by atoms with Gasteiger partial charge in [-0.1, -0.05) is 78.9 Å². The molecule has 4 nitrogen and oxygen atoms in total. The molecule has 1 saturated carbocycles. The minimum atomic E-state index is 0.119. The highest BCUT2D eigenvalue weighted by atomic mass is 35.5. The van der Waals surface area contributed by atoms with Crippen LogP contribution in [0.2, 0.25) is 10.0 Å². The van der Waals surface area contributed by atoms with Gasteiger partial charge in [-0.05, 0) is 36.5 Å². The fraction of sp³-hybridized carbons (Fsp3) is 0.308. The first-order valence-corrected chi connectivity index (χ1v) is 11.8. The molecule has 6 heteroatoms. The fourth-order valence-corrected chi connectivity index (χ4v) is 5.61. The van der Waals surface area contributed by atoms with Gasteiger partial charge in [-0.2, -0.15) is 0 Å². The van der Waals surface area contributed by atoms with Gasteiger partial charge in [-0.3, -0.25) is 9.55 Å². The second-order valence-corrected chi connectivity index (χ2v) is 9.19. The molecule has 164 valence electrons. The molecule has 2 aromatic carbocycles. The van der Waals surface area contributed by atoms with Gasteiger partial charge in [0.2, 0.25) is 0 Å². The number of halogens is 2. The molecule has 0 N–H and O–H groups in total. The fourth-order valence-electron chi connectivity index (χ4n) is 5.08. The van der Waals surface area contributed by atoms with Crippen molar-refractivity contribution in [3.8, 4) is 11.4 Å². The summed E-state index contributed by atoms with van der Waals surface area (Å²) < 4.78 is 7.79. The van der Waals surface area contributed by atoms with Crippen LogP contribution in [0.1, 0.15) is 49.4 Å². The molecule has 0 amide bonds. The molecular weight excluding hydrogens is 441 g/mol. The zero-order chi connectivity index (χ0) is 22.1. The van der Waals surface area contributed by atoms with E-state index in [0.29, 0.717) is 21.7 Å². The molecule has 0 bridgehead atoms. The second kappa shape index (κ2) is 9.13. The molecule has 1 aliphatic carbocycles. The molecule has 1 fully saturated rings. The Balaban J connectivity index is 1.83. The second-order valence-electron chi connectivity index (χ2n) is 8.37. The van der Waals surface area contributed by atoms with Crippen LogP contribution in [0.25, 0.3) is 16.7 Å². The zero-order valence-corrected chi connectivity index (χ0v) is 19.5. The Bertz CT molecular complexity index is 1210. The molecule has 5 rings (SSSR count). The van der Waals surface area contributed by atoms with Gasteiger partial charge in [0.15, 0.2) is 0 Å². The monoisotopic (exact) mass is 465 g/mol. The number of rotatable bonds is 5. The lowest BCUT2D eigenvalue weighted by Crippen LogP contribution is -2.21. The number of para-hydroxylation sites is 1. The standard InChI is InChI=1S/C26H25Cl2N3O/c1-32-22-14-8-13-21-24(22)30-26(31(21)25-19(27)15-29-16-20(25)28)23(17-9-4-2-5-10-17)18-11-6-3-7-12-18/h2,4-5,8-10,13-16,18,23H,3,6-7,11-12H2,1H3. The van der Waals surface area contributed by atoms with E-state index in [1.807, 2.05) is 18.2 Å². The Kier molecular flexibility index (Phi) is 6.07. The van der Waals surface area contributed by atoms with Crippen molar-refractivity contribution in [1.82, 2.24) is 14.5 Å². The number of ether oxygens (including phenoxy) is 1. The summed E-state index contributed by atoms with van der Waals surface area (Å²) in [5, 5.41) is 0.993. The summed E-state index contributed by atoms with van der Waals surface area (Å²) in [6.07, 6.45) is 9.41. The highest BCUT2D eigenvalue weighted by Crippen LogP contribution is 2.44. The molecule has 0 saturated heterocycles. The molecule has 1 unspecified atom stereocenters. The summed E-state index contributed by atoms with van der Waals surface area (Å²) in [6.45, 7) is 0. The third-order valence-electron chi connectivity index (χ3n) is 6.50. The molecular formula is C26H25Cl2N3O. The normalized spacial score (nSPS) is 15.7. The maximum atomic E-state index is 6.68. The van der Waals surface area contributed by atoms with Gasteiger partial charge in [-0.15, -0.1) is 0 Å². The smallest absolute Gasteiger partial charge is 0.146 e. The van der Waals surface area contributed by atoms with Crippen molar-refractivity contribution < 1.29 is 4.74 Å². The van der Waals surface area contributed by atoms with E-state index in [4.69, 9.17) is 32.9 Å². The number of hydrogen-bond acceptors (Lipinski definition) is 3. The van der Waals surface area contributed by atoms with E-state index in [1.54, 1.807) is 19.5 Å². The van der Waals surface area contributed by atoms with Crippen LogP contribution in [0.4, 0.5) is 0 Å². The number of pyridine rings is 1. The van der Waals surface area contributed by atoms with E-state index in [9.17, 15) is 0 Å². The number of fused-ring (bicyclic) bond motifs is 1. The van der Waals surface area contributed by atoms with Crippen LogP contribution in [0.15, 0.2) is 60.9 Å². The molecule has 32 heavy (non-hydrogen) atoms. The van der Waals surface area contributed by atoms with E-state index >= 15 is 0 Å². The summed E-state index contributed by atoms with van der Waals surface area (Å²) in [7, 11) is 1.68. The van der Waals surface area contributed by atoms with Gasteiger partial charge in [0.05, 0.1) is 28.4 Å². The van der Waals surface area contributed by atoms with Gasteiger partial charge in [0, 0.05) is 18.3 Å². The molecule has 0 radical (unpaired) electrons. The SMILES string of the molecule is COc1cccc2c1nc(C(c1ccccc1)C1CCCCC1)n2-c1c(Cl)cncc1Cl. The Morgan fingerprint density at radius 2 is 1.66 bits per heavy atom. The van der Waals surface area contributed by atoms with Crippen LogP contribution in [0.5, 0.6) is 5.75 Å². The van der Waals surface area contributed by atoms with Crippen molar-refractivity contribution >= 4 is 34.2 Å². The molecule has 0 aliphatic heterocycles. The van der Waals surface area contributed by atoms with E-state index in [0.717, 1.165) is 22.6 Å². The first kappa shape index (κ1) is 21.3. The minimum absolute atomic E-state index is 0.119. The highest BCUT2D eigenvalue weighted by Gasteiger charge is 2.32. The number of aromatic nitrogens is 3. The van der Waals surface area contributed by atoms with Crippen LogP contribution in [-0.2, 0) is 0 Å². The Morgan fingerprint density at radius 1 is 0.938 bits per heavy atom. The van der Waals surface area contributed by atoms with E-state index in [-0.39, 0.29) is 5.92 Å². The van der Waals surface area contributed by atoms with Crippen LogP contribution < -0.4 is 4.74 Å². The van der Waals surface area contributed by atoms with Crippen molar-refractivity contribution in [2.75, 3.05) is 7.11 Å². The van der Waals surface area contributed by atoms with Crippen LogP contribution in [0.3, 0.4) is 0 Å². The summed E-state index contributed by atoms with van der Waals surface area (Å²) in [4.78, 5) is 9.36. The topological polar surface area (TPSA) is 39.9 Å². The Labute approximate surface area is 198 Å². The lowest BCUT2D eigenvalue weighted by molar-refractivity contribution is 0.320. The molecule has 1 atom stereocenters. The maximum Gasteiger partial charge on any atom is 0.146 e. The van der Waals surface area contributed by atoms with Crippen molar-refractivity contribution in [1.29, 1.82) is 0 Å². The van der Waals surface area contributed by atoms with Crippen LogP contribution in [0, 0.1) is 5.92 Å². The number of nitrogens with zero attached hydrogens (tertiary/aromatic N) is 3. The Morgan fingerprint density at radius 3 is 2.34 bits per heavy atom. The van der Waals surface area contributed by atoms with E-state index < -0.39 is 0 Å². The predicted octanol–water partition coefficient (Wildman–Crippen LogP) is 7.45. The van der Waals surface area contributed by atoms with Crippen molar-refractivity contribution in [3.05, 3.63) is 82.4 Å². The summed E-state index contributed by atoms with van der Waals surface area (Å²) >= 11 is 13.4. The average molecular weight is 466 g/mol. The first-order chi connectivity index (χ1) is 15.7. The lowest BCUT2D eigenvalue weighted by Gasteiger charge is -2.31. The van der Waals surface area contributed by atoms with Gasteiger partial charge in [0.1, 0.15) is 17.1 Å². The van der Waals surface area contributed by atoms with Gasteiger partial charge >= 0.3 is 0 Å². The first-order valence-electron chi connectivity index (χ1n) is 11.1. The van der Waals surface area contributed by atoms with Crippen LogP contribution >= 0.6 is 23.2 Å². The number of hydrogen-bond donors (Lipinski definition) is 0. The third kappa shape index (κ3) is 3.76. The largest absolute Gasteiger partial charge is 0.494 e. The van der Waals surface area contributed by atoms with Gasteiger partial charge in [-0.25, -0.2) is 4.98 Å². The molecule has 0 spiro atoms. The van der Waals surface area contributed by atoms with Crippen molar-refractivity contribution in [2.24, 2.45) is 5.92 Å². The molecule has 4 aromatic rings. The molecule has 1 aliphatic rings. The van der Waals surface area contributed by atoms with E-state index in [1.165, 1.54) is 37.7 Å². The van der Waals surface area contributed by atoms with Gasteiger partial charge < -0.3 is 4.74 Å². The molecule has 2 heterocycles. The molecule has 2 aromatic heterocycles. The highest BCUT2D eigenvalue weighted by molar-refractivity contribution is 6.37. The number of benzene rings is 2. The maximum absolute atomic E-state index is 6.68. The average Bonchev–Trinajstić information content (AvgIpc) is 3.19. The zero-order valence-electron chi connectivity index (χ0n) is 18.0. The summed E-state index contributed by atoms with van der Waals surface area (Å²) in [5.41, 5.74) is 3.71. The van der Waals surface area contributed by atoms with Crippen LogP contribution in [-0.4, -0.2) is 21.6 Å². The van der Waals surface area contributed by atoms with Crippen molar-refractivity contribution in [2.45, 2.75) is 38.0 Å². The number of methoxy groups -OCH3 is 1. The quantitative estimate of drug-likeness (QED) is 0.307. The summed E-state index contributed by atoms with van der Waals surface area (Å²) in [5.74, 6) is 2.29. The van der Waals surface area contributed by atoms with Gasteiger partial charge in [0.25, 0.3) is 0 Å². The Hall–Kier alpha value is -2.56. The van der Waals surface area contributed by atoms with Crippen molar-refractivity contribution in [3.63, 3.8) is 0 Å². The summed E-state index contributed by atoms with van der Waals surface area (Å²) in [6, 6.07) is 16.6. The lowest BCUT2D eigenvalue weighted by atomic mass is 9.76. The van der Waals surface area contributed by atoms with E-state index in [2.05, 4.69) is 39.9 Å². The minimum Gasteiger partial charge on any atom is -0.494 e.